The molecule has 0 fully saturated rings. The van der Waals surface area contributed by atoms with Crippen LogP contribution in [0.4, 0.5) is 0 Å². The van der Waals surface area contributed by atoms with Crippen molar-refractivity contribution in [3.8, 4) is 5.75 Å². The maximum absolute atomic E-state index is 12.7. The lowest BCUT2D eigenvalue weighted by Gasteiger charge is -2.23. The smallest absolute Gasteiger partial charge is 0.222 e. The number of ether oxygens (including phenoxy) is 1. The zero-order chi connectivity index (χ0) is 19.4. The summed E-state index contributed by atoms with van der Waals surface area (Å²) in [6, 6.07) is 10.3. The molecule has 0 saturated heterocycles. The molecular formula is C23H33N3O2. The van der Waals surface area contributed by atoms with Gasteiger partial charge in [0.15, 0.2) is 0 Å². The summed E-state index contributed by atoms with van der Waals surface area (Å²) in [6.07, 6.45) is 13.1. The molecule has 0 saturated carbocycles. The molecule has 0 atom stereocenters. The molecular weight excluding hydrogens is 350 g/mol. The number of hydrogen-bond donors (Lipinski definition) is 0. The number of benzene rings is 1. The summed E-state index contributed by atoms with van der Waals surface area (Å²) in [5.74, 6) is 1.27. The highest BCUT2D eigenvalue weighted by Crippen LogP contribution is 2.21. The van der Waals surface area contributed by atoms with E-state index >= 15 is 0 Å². The average Bonchev–Trinajstić information content (AvgIpc) is 3.22. The Bertz CT molecular complexity index is 700. The maximum Gasteiger partial charge on any atom is 0.222 e. The van der Waals surface area contributed by atoms with Gasteiger partial charge in [0.25, 0.3) is 0 Å². The second-order valence-electron chi connectivity index (χ2n) is 7.58. The SMILES string of the molecule is O=C(CCCn1cccn1)N1CCCCCCCc2ccccc2OCCC1. The molecule has 5 heteroatoms. The Hall–Kier alpha value is -2.30. The van der Waals surface area contributed by atoms with Crippen LogP contribution in [0.15, 0.2) is 42.7 Å². The van der Waals surface area contributed by atoms with Crippen LogP contribution in [0.1, 0.15) is 56.9 Å². The summed E-state index contributed by atoms with van der Waals surface area (Å²) in [5, 5.41) is 4.21. The highest BCUT2D eigenvalue weighted by molar-refractivity contribution is 5.76. The normalized spacial score (nSPS) is 16.6. The molecule has 2 aromatic rings. The maximum atomic E-state index is 12.7. The van der Waals surface area contributed by atoms with Crippen molar-refractivity contribution in [3.63, 3.8) is 0 Å². The standard InChI is InChI=1S/C23H33N3O2/c27-23(14-8-18-26-19-9-15-24-26)25-16-7-3-1-2-4-11-21-12-5-6-13-22(21)28-20-10-17-25/h5-6,9,12-13,15,19H,1-4,7-8,10-11,14,16-18,20H2. The van der Waals surface area contributed by atoms with Crippen LogP contribution in [0.2, 0.25) is 0 Å². The van der Waals surface area contributed by atoms with Gasteiger partial charge in [-0.25, -0.2) is 0 Å². The summed E-state index contributed by atoms with van der Waals surface area (Å²) in [4.78, 5) is 14.8. The third kappa shape index (κ3) is 6.70. The number of carbonyl (C=O) groups is 1. The number of fused-ring (bicyclic) bond motifs is 1. The first-order valence-corrected chi connectivity index (χ1v) is 10.8. The summed E-state index contributed by atoms with van der Waals surface area (Å²) in [6.45, 7) is 3.11. The van der Waals surface area contributed by atoms with Crippen LogP contribution in [0.5, 0.6) is 5.75 Å². The molecule has 1 aromatic heterocycles. The van der Waals surface area contributed by atoms with Crippen LogP contribution >= 0.6 is 0 Å². The van der Waals surface area contributed by atoms with Gasteiger partial charge in [-0.1, -0.05) is 37.5 Å². The molecule has 0 aliphatic carbocycles. The Labute approximate surface area is 168 Å². The number of para-hydroxylation sites is 1. The van der Waals surface area contributed by atoms with Crippen LogP contribution in [0.3, 0.4) is 0 Å². The van der Waals surface area contributed by atoms with E-state index in [1.165, 1.54) is 31.2 Å². The highest BCUT2D eigenvalue weighted by atomic mass is 16.5. The van der Waals surface area contributed by atoms with Crippen molar-refractivity contribution in [1.82, 2.24) is 14.7 Å². The number of aromatic nitrogens is 2. The second-order valence-corrected chi connectivity index (χ2v) is 7.58. The van der Waals surface area contributed by atoms with Crippen LogP contribution in [0.25, 0.3) is 0 Å². The zero-order valence-corrected chi connectivity index (χ0v) is 16.9. The van der Waals surface area contributed by atoms with Gasteiger partial charge in [-0.05, 0) is 49.8 Å². The van der Waals surface area contributed by atoms with Gasteiger partial charge in [-0.15, -0.1) is 0 Å². The van der Waals surface area contributed by atoms with Crippen LogP contribution < -0.4 is 4.74 Å². The van der Waals surface area contributed by atoms with Gasteiger partial charge in [0.05, 0.1) is 6.61 Å². The Morgan fingerprint density at radius 1 is 1.00 bits per heavy atom. The monoisotopic (exact) mass is 383 g/mol. The van der Waals surface area contributed by atoms with Gasteiger partial charge < -0.3 is 9.64 Å². The lowest BCUT2D eigenvalue weighted by molar-refractivity contribution is -0.131. The molecule has 1 aliphatic heterocycles. The molecule has 1 aliphatic rings. The topological polar surface area (TPSA) is 47.4 Å². The van der Waals surface area contributed by atoms with E-state index in [1.807, 2.05) is 27.9 Å². The molecule has 3 rings (SSSR count). The number of carbonyl (C=O) groups excluding carboxylic acids is 1. The molecule has 1 amide bonds. The predicted octanol–water partition coefficient (Wildman–Crippen LogP) is 4.47. The third-order valence-electron chi connectivity index (χ3n) is 5.37. The zero-order valence-electron chi connectivity index (χ0n) is 16.9. The van der Waals surface area contributed by atoms with Crippen molar-refractivity contribution < 1.29 is 9.53 Å². The minimum Gasteiger partial charge on any atom is -0.493 e. The largest absolute Gasteiger partial charge is 0.493 e. The molecule has 0 radical (unpaired) electrons. The first-order chi connectivity index (χ1) is 13.8. The van der Waals surface area contributed by atoms with Gasteiger partial charge >= 0.3 is 0 Å². The van der Waals surface area contributed by atoms with Crippen LogP contribution in [-0.2, 0) is 17.8 Å². The molecule has 0 N–H and O–H groups in total. The second kappa shape index (κ2) is 11.5. The van der Waals surface area contributed by atoms with Crippen molar-refractivity contribution in [3.05, 3.63) is 48.3 Å². The summed E-state index contributed by atoms with van der Waals surface area (Å²) in [5.41, 5.74) is 1.31. The van der Waals surface area contributed by atoms with Crippen molar-refractivity contribution in [1.29, 1.82) is 0 Å². The predicted molar refractivity (Wildman–Crippen MR) is 111 cm³/mol. The number of hydrogen-bond acceptors (Lipinski definition) is 3. The molecule has 0 spiro atoms. The first-order valence-electron chi connectivity index (χ1n) is 10.8. The Morgan fingerprint density at radius 3 is 2.71 bits per heavy atom. The third-order valence-corrected chi connectivity index (χ3v) is 5.37. The van der Waals surface area contributed by atoms with Gasteiger partial charge in [0, 0.05) is 38.4 Å². The van der Waals surface area contributed by atoms with E-state index in [-0.39, 0.29) is 5.91 Å². The van der Waals surface area contributed by atoms with E-state index < -0.39 is 0 Å². The fourth-order valence-electron chi connectivity index (χ4n) is 3.78. The van der Waals surface area contributed by atoms with Gasteiger partial charge in [0.2, 0.25) is 5.91 Å². The van der Waals surface area contributed by atoms with E-state index in [2.05, 4.69) is 23.3 Å². The van der Waals surface area contributed by atoms with E-state index in [1.54, 1.807) is 6.20 Å². The van der Waals surface area contributed by atoms with E-state index in [0.29, 0.717) is 13.0 Å². The Balaban J connectivity index is 1.50. The molecule has 152 valence electrons. The molecule has 1 aromatic carbocycles. The van der Waals surface area contributed by atoms with Crippen molar-refractivity contribution in [2.75, 3.05) is 19.7 Å². The fraction of sp³-hybridized carbons (Fsp3) is 0.565. The number of rotatable bonds is 4. The number of nitrogens with zero attached hydrogens (tertiary/aromatic N) is 3. The molecule has 0 bridgehead atoms. The van der Waals surface area contributed by atoms with Crippen molar-refractivity contribution >= 4 is 5.91 Å². The first kappa shape index (κ1) is 20.4. The summed E-state index contributed by atoms with van der Waals surface area (Å²) >= 11 is 0. The summed E-state index contributed by atoms with van der Waals surface area (Å²) in [7, 11) is 0. The van der Waals surface area contributed by atoms with E-state index in [0.717, 1.165) is 51.1 Å². The average molecular weight is 384 g/mol. The molecule has 5 nitrogen and oxygen atoms in total. The Morgan fingerprint density at radius 2 is 1.82 bits per heavy atom. The minimum atomic E-state index is 0.264. The number of amides is 1. The van der Waals surface area contributed by atoms with E-state index in [4.69, 9.17) is 4.74 Å². The highest BCUT2D eigenvalue weighted by Gasteiger charge is 2.13. The fourth-order valence-corrected chi connectivity index (χ4v) is 3.78. The van der Waals surface area contributed by atoms with Crippen LogP contribution in [-0.4, -0.2) is 40.3 Å². The van der Waals surface area contributed by atoms with Gasteiger partial charge in [-0.3, -0.25) is 9.48 Å². The quantitative estimate of drug-likeness (QED) is 0.783. The van der Waals surface area contributed by atoms with Crippen molar-refractivity contribution in [2.24, 2.45) is 0 Å². The minimum absolute atomic E-state index is 0.264. The van der Waals surface area contributed by atoms with Crippen LogP contribution in [0, 0.1) is 0 Å². The van der Waals surface area contributed by atoms with Gasteiger partial charge in [-0.2, -0.15) is 5.10 Å². The molecule has 0 unspecified atom stereocenters. The Kier molecular flexibility index (Phi) is 8.41. The summed E-state index contributed by atoms with van der Waals surface area (Å²) < 4.78 is 7.93. The van der Waals surface area contributed by atoms with Gasteiger partial charge in [0.1, 0.15) is 5.75 Å². The lowest BCUT2D eigenvalue weighted by atomic mass is 10.0. The van der Waals surface area contributed by atoms with Crippen molar-refractivity contribution in [2.45, 2.75) is 64.3 Å². The molecule has 2 heterocycles. The van der Waals surface area contributed by atoms with E-state index in [9.17, 15) is 4.79 Å². The molecule has 28 heavy (non-hydrogen) atoms. The number of aryl methyl sites for hydroxylation is 2. The lowest BCUT2D eigenvalue weighted by Crippen LogP contribution is -2.33.